The first kappa shape index (κ1) is 17.0. The maximum Gasteiger partial charge on any atom is 0.393 e. The number of hydrogen-bond acceptors (Lipinski definition) is 3. The zero-order valence-corrected chi connectivity index (χ0v) is 13.6. The van der Waals surface area contributed by atoms with Crippen LogP contribution in [0.25, 0.3) is 0 Å². The van der Waals surface area contributed by atoms with E-state index >= 15 is 0 Å². The summed E-state index contributed by atoms with van der Waals surface area (Å²) in [6.07, 6.45) is -3.47. The third-order valence-corrected chi connectivity index (χ3v) is 6.11. The average Bonchev–Trinajstić information content (AvgIpc) is 3.16. The van der Waals surface area contributed by atoms with E-state index in [1.54, 1.807) is 19.1 Å². The molecule has 2 atom stereocenters. The van der Waals surface area contributed by atoms with E-state index in [1.165, 1.54) is 30.5 Å². The smallest absolute Gasteiger partial charge is 0.393 e. The minimum atomic E-state index is -4.46. The lowest BCUT2D eigenvalue weighted by Crippen LogP contribution is -2.33. The van der Waals surface area contributed by atoms with Crippen molar-refractivity contribution >= 4 is 10.0 Å². The first-order chi connectivity index (χ1) is 11.2. The Morgan fingerprint density at radius 2 is 1.83 bits per heavy atom. The van der Waals surface area contributed by atoms with Gasteiger partial charge in [-0.2, -0.15) is 17.5 Å². The van der Waals surface area contributed by atoms with Gasteiger partial charge in [0.1, 0.15) is 5.76 Å². The summed E-state index contributed by atoms with van der Waals surface area (Å²) in [4.78, 5) is -0.0209. The van der Waals surface area contributed by atoms with Crippen molar-refractivity contribution in [2.45, 2.75) is 30.5 Å². The van der Waals surface area contributed by atoms with Crippen LogP contribution in [-0.2, 0) is 10.0 Å². The summed E-state index contributed by atoms with van der Waals surface area (Å²) < 4.78 is 71.2. The van der Waals surface area contributed by atoms with E-state index < -0.39 is 34.7 Å². The summed E-state index contributed by atoms with van der Waals surface area (Å²) in [5, 5.41) is 0. The number of alkyl halides is 3. The van der Waals surface area contributed by atoms with Crippen molar-refractivity contribution in [2.75, 3.05) is 6.54 Å². The van der Waals surface area contributed by atoms with Crippen LogP contribution in [0.1, 0.15) is 23.8 Å². The minimum Gasteiger partial charge on any atom is -0.468 e. The van der Waals surface area contributed by atoms with Crippen LogP contribution in [0.15, 0.2) is 52.0 Å². The molecule has 0 radical (unpaired) electrons. The fraction of sp³-hybridized carbons (Fsp3) is 0.375. The Morgan fingerprint density at radius 3 is 2.38 bits per heavy atom. The predicted molar refractivity (Wildman–Crippen MR) is 80.7 cm³/mol. The van der Waals surface area contributed by atoms with Crippen molar-refractivity contribution in [3.05, 3.63) is 54.0 Å². The lowest BCUT2D eigenvalue weighted by atomic mass is 10.0. The maximum absolute atomic E-state index is 13.1. The van der Waals surface area contributed by atoms with E-state index in [1.807, 2.05) is 0 Å². The van der Waals surface area contributed by atoms with Crippen LogP contribution in [0.5, 0.6) is 0 Å². The Hall–Kier alpha value is -1.80. The van der Waals surface area contributed by atoms with E-state index in [0.717, 1.165) is 9.87 Å². The molecule has 3 rings (SSSR count). The minimum absolute atomic E-state index is 0.0209. The maximum atomic E-state index is 13.1. The van der Waals surface area contributed by atoms with Crippen molar-refractivity contribution in [3.63, 3.8) is 0 Å². The molecule has 2 heterocycles. The lowest BCUT2D eigenvalue weighted by Gasteiger charge is -2.22. The lowest BCUT2D eigenvalue weighted by molar-refractivity contribution is -0.170. The molecule has 8 heteroatoms. The topological polar surface area (TPSA) is 50.5 Å². The van der Waals surface area contributed by atoms with E-state index in [2.05, 4.69) is 0 Å². The number of rotatable bonds is 3. The number of aryl methyl sites for hydroxylation is 1. The molecule has 0 N–H and O–H groups in total. The molecule has 1 aromatic heterocycles. The molecular weight excluding hydrogens is 343 g/mol. The van der Waals surface area contributed by atoms with Crippen molar-refractivity contribution in [3.8, 4) is 0 Å². The molecule has 1 fully saturated rings. The van der Waals surface area contributed by atoms with Gasteiger partial charge in [0, 0.05) is 6.54 Å². The molecule has 4 nitrogen and oxygen atoms in total. The number of sulfonamides is 1. The van der Waals surface area contributed by atoms with E-state index in [4.69, 9.17) is 4.42 Å². The first-order valence-corrected chi connectivity index (χ1v) is 8.82. The highest BCUT2D eigenvalue weighted by Gasteiger charge is 2.52. The molecular formula is C16H16F3NO3S. The van der Waals surface area contributed by atoms with Crippen LogP contribution >= 0.6 is 0 Å². The third-order valence-electron chi connectivity index (χ3n) is 4.22. The second kappa shape index (κ2) is 5.93. The molecule has 1 aliphatic heterocycles. The quantitative estimate of drug-likeness (QED) is 0.835. The van der Waals surface area contributed by atoms with Crippen molar-refractivity contribution < 1.29 is 26.0 Å². The third kappa shape index (κ3) is 3.08. The monoisotopic (exact) mass is 359 g/mol. The molecule has 24 heavy (non-hydrogen) atoms. The van der Waals surface area contributed by atoms with Gasteiger partial charge < -0.3 is 4.42 Å². The zero-order valence-electron chi connectivity index (χ0n) is 12.8. The highest BCUT2D eigenvalue weighted by Crippen LogP contribution is 2.45. The summed E-state index contributed by atoms with van der Waals surface area (Å²) in [6.45, 7) is 1.20. The standard InChI is InChI=1S/C16H16F3NO3S/c1-11-4-6-13(7-5-11)24(21,22)20-10-12(16(17,18)19)9-14(20)15-3-2-8-23-15/h2-8,12,14H,9-10H2,1H3. The largest absolute Gasteiger partial charge is 0.468 e. The Morgan fingerprint density at radius 1 is 1.17 bits per heavy atom. The number of nitrogens with zero attached hydrogens (tertiary/aromatic N) is 1. The van der Waals surface area contributed by atoms with Gasteiger partial charge in [-0.1, -0.05) is 17.7 Å². The zero-order chi connectivity index (χ0) is 17.5. The Balaban J connectivity index is 2.00. The number of halogens is 3. The van der Waals surface area contributed by atoms with Crippen LogP contribution in [0.2, 0.25) is 0 Å². The first-order valence-electron chi connectivity index (χ1n) is 7.38. The molecule has 0 bridgehead atoms. The Labute approximate surface area is 137 Å². The molecule has 0 spiro atoms. The van der Waals surface area contributed by atoms with Gasteiger partial charge >= 0.3 is 6.18 Å². The Bertz CT molecular complexity index is 798. The van der Waals surface area contributed by atoms with Crippen LogP contribution in [0.4, 0.5) is 13.2 Å². The van der Waals surface area contributed by atoms with Gasteiger partial charge in [0.15, 0.2) is 0 Å². The van der Waals surface area contributed by atoms with Gasteiger partial charge in [-0.25, -0.2) is 8.42 Å². The molecule has 2 unspecified atom stereocenters. The molecule has 1 saturated heterocycles. The fourth-order valence-electron chi connectivity index (χ4n) is 2.89. The number of hydrogen-bond donors (Lipinski definition) is 0. The molecule has 0 aliphatic carbocycles. The van der Waals surface area contributed by atoms with Gasteiger partial charge in [-0.15, -0.1) is 0 Å². The van der Waals surface area contributed by atoms with Crippen molar-refractivity contribution in [2.24, 2.45) is 5.92 Å². The second-order valence-electron chi connectivity index (χ2n) is 5.89. The molecule has 0 amide bonds. The molecule has 2 aromatic rings. The summed E-state index contributed by atoms with van der Waals surface area (Å²) in [5.74, 6) is -1.50. The van der Waals surface area contributed by atoms with E-state index in [9.17, 15) is 21.6 Å². The summed E-state index contributed by atoms with van der Waals surface area (Å²) >= 11 is 0. The van der Waals surface area contributed by atoms with Crippen LogP contribution in [0, 0.1) is 12.8 Å². The number of furan rings is 1. The SMILES string of the molecule is Cc1ccc(S(=O)(=O)N2CC(C(F)(F)F)CC2c2ccco2)cc1. The molecule has 0 saturated carbocycles. The highest BCUT2D eigenvalue weighted by molar-refractivity contribution is 7.89. The highest BCUT2D eigenvalue weighted by atomic mass is 32.2. The molecule has 130 valence electrons. The van der Waals surface area contributed by atoms with Gasteiger partial charge in [0.25, 0.3) is 0 Å². The van der Waals surface area contributed by atoms with E-state index in [0.29, 0.717) is 0 Å². The normalized spacial score (nSPS) is 22.8. The van der Waals surface area contributed by atoms with Gasteiger partial charge in [-0.3, -0.25) is 0 Å². The van der Waals surface area contributed by atoms with E-state index in [-0.39, 0.29) is 17.1 Å². The van der Waals surface area contributed by atoms with Crippen LogP contribution in [-0.4, -0.2) is 25.4 Å². The summed E-state index contributed by atoms with van der Waals surface area (Å²) in [7, 11) is -4.05. The predicted octanol–water partition coefficient (Wildman–Crippen LogP) is 3.90. The molecule has 1 aliphatic rings. The summed E-state index contributed by atoms with van der Waals surface area (Å²) in [6, 6.07) is 8.12. The molecule has 1 aromatic carbocycles. The average molecular weight is 359 g/mol. The van der Waals surface area contributed by atoms with Gasteiger partial charge in [-0.05, 0) is 37.6 Å². The van der Waals surface area contributed by atoms with Crippen LogP contribution in [0.3, 0.4) is 0 Å². The summed E-state index contributed by atoms with van der Waals surface area (Å²) in [5.41, 5.74) is 0.867. The van der Waals surface area contributed by atoms with Gasteiger partial charge in [0.2, 0.25) is 10.0 Å². The van der Waals surface area contributed by atoms with Crippen molar-refractivity contribution in [1.82, 2.24) is 4.31 Å². The second-order valence-corrected chi connectivity index (χ2v) is 7.78. The van der Waals surface area contributed by atoms with Crippen LogP contribution < -0.4 is 0 Å². The number of benzene rings is 1. The fourth-order valence-corrected chi connectivity index (χ4v) is 4.55. The van der Waals surface area contributed by atoms with Crippen molar-refractivity contribution in [1.29, 1.82) is 0 Å². The van der Waals surface area contributed by atoms with Gasteiger partial charge in [0.05, 0.1) is 23.1 Å². The Kier molecular flexibility index (Phi) is 4.21.